The average molecular weight is 210 g/mol. The Kier molecular flexibility index (Phi) is 4.82. The van der Waals surface area contributed by atoms with Crippen LogP contribution in [0.2, 0.25) is 0 Å². The number of rotatable bonds is 5. The van der Waals surface area contributed by atoms with Crippen LogP contribution in [0, 0.1) is 0 Å². The van der Waals surface area contributed by atoms with Crippen LogP contribution in [0.15, 0.2) is 12.2 Å². The average Bonchev–Trinajstić information content (AvgIpc) is 2.49. The van der Waals surface area contributed by atoms with Gasteiger partial charge < -0.3 is 10.2 Å². The van der Waals surface area contributed by atoms with Crippen LogP contribution in [0.4, 0.5) is 0 Å². The van der Waals surface area contributed by atoms with Crippen molar-refractivity contribution in [3.8, 4) is 0 Å². The summed E-state index contributed by atoms with van der Waals surface area (Å²) in [6.07, 6.45) is 6.06. The zero-order valence-corrected chi connectivity index (χ0v) is 9.99. The maximum absolute atomic E-state index is 11.9. The maximum atomic E-state index is 11.9. The van der Waals surface area contributed by atoms with Gasteiger partial charge in [0.25, 0.3) is 0 Å². The van der Waals surface area contributed by atoms with Crippen molar-refractivity contribution in [2.45, 2.75) is 45.7 Å². The highest BCUT2D eigenvalue weighted by molar-refractivity contribution is 5.84. The number of hydrogen-bond acceptors (Lipinski definition) is 2. The second-order valence-electron chi connectivity index (χ2n) is 4.35. The van der Waals surface area contributed by atoms with Gasteiger partial charge >= 0.3 is 0 Å². The number of likely N-dealkylation sites (tertiary alicyclic amines) is 1. The van der Waals surface area contributed by atoms with Crippen LogP contribution in [0.3, 0.4) is 0 Å². The van der Waals surface area contributed by atoms with E-state index in [1.54, 1.807) is 0 Å². The Morgan fingerprint density at radius 3 is 2.93 bits per heavy atom. The first-order valence-corrected chi connectivity index (χ1v) is 5.81. The fraction of sp³-hybridized carbons (Fsp3) is 0.750. The summed E-state index contributed by atoms with van der Waals surface area (Å²) in [4.78, 5) is 13.8. The molecular formula is C12H22N2O. The zero-order chi connectivity index (χ0) is 11.3. The molecule has 1 saturated heterocycles. The molecule has 1 unspecified atom stereocenters. The van der Waals surface area contributed by atoms with E-state index < -0.39 is 0 Å². The van der Waals surface area contributed by atoms with E-state index in [1.165, 1.54) is 0 Å². The van der Waals surface area contributed by atoms with E-state index in [0.717, 1.165) is 25.9 Å². The van der Waals surface area contributed by atoms with Crippen LogP contribution in [-0.4, -0.2) is 36.0 Å². The van der Waals surface area contributed by atoms with Crippen molar-refractivity contribution in [3.63, 3.8) is 0 Å². The predicted molar refractivity (Wildman–Crippen MR) is 62.7 cm³/mol. The molecule has 1 heterocycles. The third-order valence-electron chi connectivity index (χ3n) is 2.63. The van der Waals surface area contributed by atoms with Gasteiger partial charge in [0.05, 0.1) is 6.04 Å². The van der Waals surface area contributed by atoms with Gasteiger partial charge in [-0.2, -0.15) is 0 Å². The first-order valence-electron chi connectivity index (χ1n) is 5.81. The SMILES string of the molecule is C/C=C/CCN1CCC(NC(C)C)C1=O. The lowest BCUT2D eigenvalue weighted by Crippen LogP contribution is -2.41. The highest BCUT2D eigenvalue weighted by Crippen LogP contribution is 2.12. The number of amides is 1. The van der Waals surface area contributed by atoms with Crippen LogP contribution in [0.1, 0.15) is 33.6 Å². The summed E-state index contributed by atoms with van der Waals surface area (Å²) < 4.78 is 0. The summed E-state index contributed by atoms with van der Waals surface area (Å²) in [5.41, 5.74) is 0. The van der Waals surface area contributed by atoms with Crippen molar-refractivity contribution in [3.05, 3.63) is 12.2 Å². The fourth-order valence-electron chi connectivity index (χ4n) is 1.92. The third-order valence-corrected chi connectivity index (χ3v) is 2.63. The summed E-state index contributed by atoms with van der Waals surface area (Å²) in [7, 11) is 0. The van der Waals surface area contributed by atoms with Crippen molar-refractivity contribution in [1.82, 2.24) is 10.2 Å². The molecule has 3 nitrogen and oxygen atoms in total. The van der Waals surface area contributed by atoms with Crippen LogP contribution in [-0.2, 0) is 4.79 Å². The Labute approximate surface area is 92.5 Å². The molecule has 1 fully saturated rings. The third kappa shape index (κ3) is 3.67. The minimum Gasteiger partial charge on any atom is -0.341 e. The molecule has 1 aliphatic rings. The first kappa shape index (κ1) is 12.2. The highest BCUT2D eigenvalue weighted by atomic mass is 16.2. The van der Waals surface area contributed by atoms with Gasteiger partial charge in [0, 0.05) is 19.1 Å². The summed E-state index contributed by atoms with van der Waals surface area (Å²) in [6.45, 7) is 7.93. The molecule has 0 bridgehead atoms. The van der Waals surface area contributed by atoms with Crippen molar-refractivity contribution < 1.29 is 4.79 Å². The number of nitrogens with zero attached hydrogens (tertiary/aromatic N) is 1. The monoisotopic (exact) mass is 210 g/mol. The fourth-order valence-corrected chi connectivity index (χ4v) is 1.92. The standard InChI is InChI=1S/C12H22N2O/c1-4-5-6-8-14-9-7-11(12(14)15)13-10(2)3/h4-5,10-11,13H,6-9H2,1-3H3/b5-4+. The van der Waals surface area contributed by atoms with E-state index in [9.17, 15) is 4.79 Å². The molecule has 3 heteroatoms. The largest absolute Gasteiger partial charge is 0.341 e. The second-order valence-corrected chi connectivity index (χ2v) is 4.35. The van der Waals surface area contributed by atoms with E-state index in [2.05, 4.69) is 25.2 Å². The molecule has 0 aliphatic carbocycles. The lowest BCUT2D eigenvalue weighted by Gasteiger charge is -2.17. The Hall–Kier alpha value is -0.830. The van der Waals surface area contributed by atoms with Crippen molar-refractivity contribution in [2.24, 2.45) is 0 Å². The van der Waals surface area contributed by atoms with Crippen molar-refractivity contribution >= 4 is 5.91 Å². The molecule has 0 saturated carbocycles. The highest BCUT2D eigenvalue weighted by Gasteiger charge is 2.30. The van der Waals surface area contributed by atoms with Gasteiger partial charge in [-0.3, -0.25) is 4.79 Å². The van der Waals surface area contributed by atoms with Gasteiger partial charge in [-0.15, -0.1) is 0 Å². The number of allylic oxidation sites excluding steroid dienone is 1. The summed E-state index contributed by atoms with van der Waals surface area (Å²) in [5.74, 6) is 0.271. The lowest BCUT2D eigenvalue weighted by molar-refractivity contribution is -0.129. The van der Waals surface area contributed by atoms with Crippen LogP contribution in [0.25, 0.3) is 0 Å². The Bertz CT molecular complexity index is 236. The molecule has 1 aliphatic heterocycles. The normalized spacial score (nSPS) is 22.3. The van der Waals surface area contributed by atoms with Gasteiger partial charge in [0.2, 0.25) is 5.91 Å². The molecule has 1 rings (SSSR count). The molecule has 0 aromatic carbocycles. The van der Waals surface area contributed by atoms with Crippen LogP contribution in [0.5, 0.6) is 0 Å². The topological polar surface area (TPSA) is 32.3 Å². The van der Waals surface area contributed by atoms with Gasteiger partial charge in [0.15, 0.2) is 0 Å². The quantitative estimate of drug-likeness (QED) is 0.698. The van der Waals surface area contributed by atoms with Gasteiger partial charge in [-0.1, -0.05) is 26.0 Å². The van der Waals surface area contributed by atoms with E-state index in [0.29, 0.717) is 6.04 Å². The number of nitrogens with one attached hydrogen (secondary N) is 1. The van der Waals surface area contributed by atoms with E-state index in [-0.39, 0.29) is 11.9 Å². The maximum Gasteiger partial charge on any atom is 0.239 e. The van der Waals surface area contributed by atoms with Gasteiger partial charge in [0.1, 0.15) is 0 Å². The van der Waals surface area contributed by atoms with Gasteiger partial charge in [-0.25, -0.2) is 0 Å². The second kappa shape index (κ2) is 5.91. The van der Waals surface area contributed by atoms with Crippen molar-refractivity contribution in [2.75, 3.05) is 13.1 Å². The van der Waals surface area contributed by atoms with E-state index in [1.807, 2.05) is 17.9 Å². The molecule has 0 aromatic heterocycles. The van der Waals surface area contributed by atoms with Gasteiger partial charge in [-0.05, 0) is 19.8 Å². The van der Waals surface area contributed by atoms with Crippen LogP contribution < -0.4 is 5.32 Å². The van der Waals surface area contributed by atoms with E-state index in [4.69, 9.17) is 0 Å². The molecule has 1 atom stereocenters. The number of carbonyl (C=O) groups excluding carboxylic acids is 1. The summed E-state index contributed by atoms with van der Waals surface area (Å²) in [5, 5.41) is 3.30. The Morgan fingerprint density at radius 1 is 1.60 bits per heavy atom. The van der Waals surface area contributed by atoms with E-state index >= 15 is 0 Å². The Morgan fingerprint density at radius 2 is 2.33 bits per heavy atom. The Balaban J connectivity index is 2.35. The van der Waals surface area contributed by atoms with Crippen LogP contribution >= 0.6 is 0 Å². The molecule has 0 radical (unpaired) electrons. The summed E-state index contributed by atoms with van der Waals surface area (Å²) in [6, 6.07) is 0.435. The lowest BCUT2D eigenvalue weighted by atomic mass is 10.2. The molecular weight excluding hydrogens is 188 g/mol. The molecule has 86 valence electrons. The minimum absolute atomic E-state index is 0.0515. The zero-order valence-electron chi connectivity index (χ0n) is 9.99. The molecule has 1 N–H and O–H groups in total. The minimum atomic E-state index is 0.0515. The summed E-state index contributed by atoms with van der Waals surface area (Å²) >= 11 is 0. The smallest absolute Gasteiger partial charge is 0.239 e. The molecule has 15 heavy (non-hydrogen) atoms. The molecule has 1 amide bonds. The van der Waals surface area contributed by atoms with Crippen molar-refractivity contribution in [1.29, 1.82) is 0 Å². The predicted octanol–water partition coefficient (Wildman–Crippen LogP) is 1.55. The molecule has 0 spiro atoms. The molecule has 0 aromatic rings. The number of hydrogen-bond donors (Lipinski definition) is 1. The first-order chi connectivity index (χ1) is 7.15. The number of carbonyl (C=O) groups is 1.